The van der Waals surface area contributed by atoms with Crippen molar-refractivity contribution < 1.29 is 8.42 Å². The molecule has 20 heavy (non-hydrogen) atoms. The molecular weight excluding hydrogens is 298 g/mol. The van der Waals surface area contributed by atoms with Crippen molar-refractivity contribution in [1.82, 2.24) is 14.6 Å². The maximum absolute atomic E-state index is 12.0. The number of nitrogens with one attached hydrogen (secondary N) is 1. The van der Waals surface area contributed by atoms with Gasteiger partial charge in [0.1, 0.15) is 10.0 Å². The van der Waals surface area contributed by atoms with Gasteiger partial charge in [-0.2, -0.15) is 0 Å². The Morgan fingerprint density at radius 2 is 2.10 bits per heavy atom. The summed E-state index contributed by atoms with van der Waals surface area (Å²) in [6.45, 7) is 5.62. The lowest BCUT2D eigenvalue weighted by atomic mass is 10.2. The van der Waals surface area contributed by atoms with Gasteiger partial charge in [0.2, 0.25) is 10.0 Å². The highest BCUT2D eigenvalue weighted by molar-refractivity contribution is 7.89. The van der Waals surface area contributed by atoms with E-state index in [1.54, 1.807) is 6.07 Å². The van der Waals surface area contributed by atoms with E-state index >= 15 is 0 Å². The molecule has 0 atom stereocenters. The third kappa shape index (κ3) is 5.36. The Morgan fingerprint density at radius 1 is 1.40 bits per heavy atom. The van der Waals surface area contributed by atoms with Crippen LogP contribution < -0.4 is 4.72 Å². The number of hydrogen-bond donors (Lipinski definition) is 1. The number of sulfonamides is 1. The predicted octanol–water partition coefficient (Wildman–Crippen LogP) is 2.13. The molecule has 0 saturated heterocycles. The summed E-state index contributed by atoms with van der Waals surface area (Å²) in [7, 11) is -1.51. The first-order chi connectivity index (χ1) is 9.34. The van der Waals surface area contributed by atoms with Gasteiger partial charge in [-0.25, -0.2) is 18.1 Å². The normalized spacial score (nSPS) is 12.3. The lowest BCUT2D eigenvalue weighted by molar-refractivity contribution is 0.268. The van der Waals surface area contributed by atoms with Gasteiger partial charge in [0.25, 0.3) is 0 Å². The molecular formula is C13H22ClN3O2S. The minimum absolute atomic E-state index is 0.000425. The fourth-order valence-electron chi connectivity index (χ4n) is 1.60. The highest BCUT2D eigenvalue weighted by Crippen LogP contribution is 2.17. The summed E-state index contributed by atoms with van der Waals surface area (Å²) < 4.78 is 26.6. The lowest BCUT2D eigenvalue weighted by Gasteiger charge is -2.20. The molecule has 1 heterocycles. The summed E-state index contributed by atoms with van der Waals surface area (Å²) >= 11 is 5.79. The molecule has 0 bridgehead atoms. The first-order valence-corrected chi connectivity index (χ1v) is 8.51. The van der Waals surface area contributed by atoms with Gasteiger partial charge >= 0.3 is 0 Å². The molecule has 0 amide bonds. The Kier molecular flexibility index (Phi) is 6.88. The summed E-state index contributed by atoms with van der Waals surface area (Å²) in [4.78, 5) is 6.03. The van der Waals surface area contributed by atoms with E-state index in [2.05, 4.69) is 35.5 Å². The monoisotopic (exact) mass is 319 g/mol. The van der Waals surface area contributed by atoms with Crippen LogP contribution in [0.5, 0.6) is 0 Å². The van der Waals surface area contributed by atoms with Gasteiger partial charge in [-0.1, -0.05) is 11.6 Å². The van der Waals surface area contributed by atoms with E-state index in [0.717, 1.165) is 19.4 Å². The molecule has 0 fully saturated rings. The van der Waals surface area contributed by atoms with Crippen LogP contribution in [0.2, 0.25) is 5.15 Å². The maximum Gasteiger partial charge on any atom is 0.243 e. The van der Waals surface area contributed by atoms with Gasteiger partial charge in [-0.05, 0) is 52.4 Å². The molecule has 0 aliphatic heterocycles. The van der Waals surface area contributed by atoms with Crippen LogP contribution in [0.3, 0.4) is 0 Å². The third-order valence-electron chi connectivity index (χ3n) is 3.13. The van der Waals surface area contributed by atoms with Crippen LogP contribution in [-0.4, -0.2) is 44.5 Å². The van der Waals surface area contributed by atoms with Crippen LogP contribution in [0.15, 0.2) is 23.2 Å². The lowest BCUT2D eigenvalue weighted by Crippen LogP contribution is -2.29. The Morgan fingerprint density at radius 3 is 2.70 bits per heavy atom. The van der Waals surface area contributed by atoms with Crippen LogP contribution in [-0.2, 0) is 10.0 Å². The molecule has 5 nitrogen and oxygen atoms in total. The van der Waals surface area contributed by atoms with Gasteiger partial charge < -0.3 is 4.90 Å². The quantitative estimate of drug-likeness (QED) is 0.589. The van der Waals surface area contributed by atoms with Crippen LogP contribution in [0, 0.1) is 0 Å². The third-order valence-corrected chi connectivity index (χ3v) is 5.03. The molecule has 0 spiro atoms. The van der Waals surface area contributed by atoms with E-state index in [4.69, 9.17) is 11.6 Å². The second kappa shape index (κ2) is 7.93. The molecule has 1 N–H and O–H groups in total. The Hall–Kier alpha value is -0.690. The van der Waals surface area contributed by atoms with E-state index in [0.29, 0.717) is 12.6 Å². The SMILES string of the molecule is CC(C)N(C)CCCCNS(=O)(=O)c1cccnc1Cl. The number of hydrogen-bond acceptors (Lipinski definition) is 4. The second-order valence-electron chi connectivity index (χ2n) is 4.97. The van der Waals surface area contributed by atoms with Crippen molar-refractivity contribution in [2.45, 2.75) is 37.6 Å². The largest absolute Gasteiger partial charge is 0.304 e. The van der Waals surface area contributed by atoms with E-state index < -0.39 is 10.0 Å². The van der Waals surface area contributed by atoms with Crippen molar-refractivity contribution in [1.29, 1.82) is 0 Å². The molecule has 1 rings (SSSR count). The molecule has 0 radical (unpaired) electrons. The highest BCUT2D eigenvalue weighted by atomic mass is 35.5. The van der Waals surface area contributed by atoms with E-state index in [-0.39, 0.29) is 10.0 Å². The summed E-state index contributed by atoms with van der Waals surface area (Å²) in [5, 5.41) is -0.000425. The Bertz CT molecular complexity index is 520. The molecule has 114 valence electrons. The summed E-state index contributed by atoms with van der Waals surface area (Å²) in [6.07, 6.45) is 3.19. The van der Waals surface area contributed by atoms with E-state index in [9.17, 15) is 8.42 Å². The minimum Gasteiger partial charge on any atom is -0.304 e. The number of unbranched alkanes of at least 4 members (excludes halogenated alkanes) is 1. The van der Waals surface area contributed by atoms with Crippen molar-refractivity contribution in [3.63, 3.8) is 0 Å². The molecule has 0 aliphatic rings. The first kappa shape index (κ1) is 17.4. The molecule has 1 aromatic heterocycles. The van der Waals surface area contributed by atoms with Crippen molar-refractivity contribution in [2.24, 2.45) is 0 Å². The second-order valence-corrected chi connectivity index (χ2v) is 7.06. The Labute approximate surface area is 126 Å². The number of aromatic nitrogens is 1. The smallest absolute Gasteiger partial charge is 0.243 e. The topological polar surface area (TPSA) is 62.3 Å². The van der Waals surface area contributed by atoms with Crippen molar-refractivity contribution in [2.75, 3.05) is 20.1 Å². The summed E-state index contributed by atoms with van der Waals surface area (Å²) in [6, 6.07) is 3.50. The zero-order chi connectivity index (χ0) is 15.2. The number of nitrogens with zero attached hydrogens (tertiary/aromatic N) is 2. The fourth-order valence-corrected chi connectivity index (χ4v) is 3.13. The van der Waals surface area contributed by atoms with Crippen molar-refractivity contribution in [3.8, 4) is 0 Å². The standard InChI is InChI=1S/C13H22ClN3O2S/c1-11(2)17(3)10-5-4-9-16-20(18,19)12-7-6-8-15-13(12)14/h6-8,11,16H,4-5,9-10H2,1-3H3. The molecule has 0 unspecified atom stereocenters. The van der Waals surface area contributed by atoms with Crippen LogP contribution in [0.4, 0.5) is 0 Å². The van der Waals surface area contributed by atoms with Crippen molar-refractivity contribution in [3.05, 3.63) is 23.5 Å². The van der Waals surface area contributed by atoms with E-state index in [1.165, 1.54) is 12.3 Å². The summed E-state index contributed by atoms with van der Waals surface area (Å²) in [5.74, 6) is 0. The van der Waals surface area contributed by atoms with E-state index in [1.807, 2.05) is 0 Å². The van der Waals surface area contributed by atoms with Crippen LogP contribution in [0.25, 0.3) is 0 Å². The summed E-state index contributed by atoms with van der Waals surface area (Å²) in [5.41, 5.74) is 0. The van der Waals surface area contributed by atoms with Gasteiger partial charge in [-0.3, -0.25) is 0 Å². The Balaban J connectivity index is 2.40. The van der Waals surface area contributed by atoms with Gasteiger partial charge in [0.05, 0.1) is 0 Å². The predicted molar refractivity (Wildman–Crippen MR) is 81.4 cm³/mol. The van der Waals surface area contributed by atoms with Crippen LogP contribution >= 0.6 is 11.6 Å². The van der Waals surface area contributed by atoms with Crippen molar-refractivity contribution >= 4 is 21.6 Å². The number of pyridine rings is 1. The molecule has 0 aromatic carbocycles. The zero-order valence-electron chi connectivity index (χ0n) is 12.1. The fraction of sp³-hybridized carbons (Fsp3) is 0.615. The maximum atomic E-state index is 12.0. The average Bonchev–Trinajstić information content (AvgIpc) is 2.38. The van der Waals surface area contributed by atoms with Crippen LogP contribution in [0.1, 0.15) is 26.7 Å². The highest BCUT2D eigenvalue weighted by Gasteiger charge is 2.17. The van der Waals surface area contributed by atoms with Gasteiger partial charge in [-0.15, -0.1) is 0 Å². The molecule has 0 saturated carbocycles. The molecule has 1 aromatic rings. The average molecular weight is 320 g/mol. The first-order valence-electron chi connectivity index (χ1n) is 6.65. The zero-order valence-corrected chi connectivity index (χ0v) is 13.7. The van der Waals surface area contributed by atoms with Gasteiger partial charge in [0, 0.05) is 18.8 Å². The minimum atomic E-state index is -3.57. The number of rotatable bonds is 8. The molecule has 0 aliphatic carbocycles. The number of halogens is 1. The van der Waals surface area contributed by atoms with Gasteiger partial charge in [0.15, 0.2) is 0 Å². The molecule has 7 heteroatoms.